The number of carbonyl (C=O) groups is 2. The molecule has 8 heteroatoms. The van der Waals surface area contributed by atoms with Gasteiger partial charge < -0.3 is 14.5 Å². The van der Waals surface area contributed by atoms with Gasteiger partial charge in [-0.25, -0.2) is 4.79 Å². The predicted octanol–water partition coefficient (Wildman–Crippen LogP) is 2.94. The molecule has 0 aromatic rings. The summed E-state index contributed by atoms with van der Waals surface area (Å²) >= 11 is 0. The SMILES string of the molecule is CC(C)(C)OC(=O)N1CC[C@@]2(CCCCN2C(=O)C(F)(F)F)C1. The third-order valence-electron chi connectivity index (χ3n) is 4.32. The van der Waals surface area contributed by atoms with Gasteiger partial charge >= 0.3 is 18.2 Å². The Hall–Kier alpha value is -1.47. The maximum atomic E-state index is 12.9. The van der Waals surface area contributed by atoms with E-state index in [9.17, 15) is 22.8 Å². The number of nitrogens with zero attached hydrogens (tertiary/aromatic N) is 2. The second kappa shape index (κ2) is 5.87. The topological polar surface area (TPSA) is 49.9 Å². The van der Waals surface area contributed by atoms with E-state index >= 15 is 0 Å². The van der Waals surface area contributed by atoms with Crippen LogP contribution in [0.15, 0.2) is 0 Å². The number of alkyl halides is 3. The van der Waals surface area contributed by atoms with Gasteiger partial charge in [0.25, 0.3) is 0 Å². The smallest absolute Gasteiger partial charge is 0.444 e. The molecule has 2 amide bonds. The standard InChI is InChI=1S/C15H23F3N2O3/c1-13(2,3)23-12(22)19-9-7-14(10-19)6-4-5-8-20(14)11(21)15(16,17)18/h4-10H2,1-3H3/t14-/m0/s1. The van der Waals surface area contributed by atoms with E-state index in [2.05, 4.69) is 0 Å². The molecule has 0 N–H and O–H groups in total. The molecule has 2 rings (SSSR count). The Morgan fingerprint density at radius 2 is 1.70 bits per heavy atom. The Bertz CT molecular complexity index is 487. The first kappa shape index (κ1) is 17.9. The number of rotatable bonds is 0. The first-order valence-electron chi connectivity index (χ1n) is 7.81. The van der Waals surface area contributed by atoms with Gasteiger partial charge in [0.15, 0.2) is 0 Å². The summed E-state index contributed by atoms with van der Waals surface area (Å²) in [6.45, 7) is 5.69. The summed E-state index contributed by atoms with van der Waals surface area (Å²) in [5, 5.41) is 0. The highest BCUT2D eigenvalue weighted by atomic mass is 19.4. The van der Waals surface area contributed by atoms with Crippen molar-refractivity contribution in [2.75, 3.05) is 19.6 Å². The van der Waals surface area contributed by atoms with E-state index < -0.39 is 29.3 Å². The Labute approximate surface area is 133 Å². The molecular weight excluding hydrogens is 313 g/mol. The summed E-state index contributed by atoms with van der Waals surface area (Å²) in [4.78, 5) is 26.2. The largest absolute Gasteiger partial charge is 0.471 e. The zero-order valence-electron chi connectivity index (χ0n) is 13.7. The van der Waals surface area contributed by atoms with Crippen LogP contribution < -0.4 is 0 Å². The Balaban J connectivity index is 2.14. The quantitative estimate of drug-likeness (QED) is 0.683. The van der Waals surface area contributed by atoms with E-state index in [1.807, 2.05) is 0 Å². The van der Waals surface area contributed by atoms with Crippen LogP contribution in [0.1, 0.15) is 46.5 Å². The summed E-state index contributed by atoms with van der Waals surface area (Å²) in [5.74, 6) is -1.80. The van der Waals surface area contributed by atoms with Crippen molar-refractivity contribution in [2.24, 2.45) is 0 Å². The molecule has 1 atom stereocenters. The second-order valence-electron chi connectivity index (χ2n) is 7.29. The van der Waals surface area contributed by atoms with Gasteiger partial charge in [-0.2, -0.15) is 13.2 Å². The number of amides is 2. The minimum Gasteiger partial charge on any atom is -0.444 e. The molecule has 2 aliphatic rings. The van der Waals surface area contributed by atoms with Crippen molar-refractivity contribution in [2.45, 2.75) is 63.8 Å². The van der Waals surface area contributed by atoms with Crippen molar-refractivity contribution in [3.63, 3.8) is 0 Å². The van der Waals surface area contributed by atoms with Crippen LogP contribution in [0.25, 0.3) is 0 Å². The number of ether oxygens (including phenoxy) is 1. The zero-order chi connectivity index (χ0) is 17.5. The van der Waals surface area contributed by atoms with Crippen molar-refractivity contribution in [3.05, 3.63) is 0 Å². The van der Waals surface area contributed by atoms with E-state index in [1.54, 1.807) is 20.8 Å². The van der Waals surface area contributed by atoms with Crippen LogP contribution in [-0.4, -0.2) is 58.8 Å². The van der Waals surface area contributed by atoms with E-state index in [0.29, 0.717) is 25.8 Å². The first-order valence-corrected chi connectivity index (χ1v) is 7.81. The van der Waals surface area contributed by atoms with E-state index in [-0.39, 0.29) is 13.1 Å². The summed E-state index contributed by atoms with van der Waals surface area (Å²) < 4.78 is 43.8. The molecule has 2 heterocycles. The fraction of sp³-hybridized carbons (Fsp3) is 0.867. The van der Waals surface area contributed by atoms with Crippen LogP contribution in [0.2, 0.25) is 0 Å². The monoisotopic (exact) mass is 336 g/mol. The van der Waals surface area contributed by atoms with Gasteiger partial charge in [-0.15, -0.1) is 0 Å². The lowest BCUT2D eigenvalue weighted by atomic mass is 9.85. The van der Waals surface area contributed by atoms with Crippen LogP contribution in [0.4, 0.5) is 18.0 Å². The van der Waals surface area contributed by atoms with Gasteiger partial charge in [-0.05, 0) is 46.5 Å². The second-order valence-corrected chi connectivity index (χ2v) is 7.29. The number of hydrogen-bond acceptors (Lipinski definition) is 3. The van der Waals surface area contributed by atoms with Gasteiger partial charge in [0.1, 0.15) is 5.60 Å². The number of piperidine rings is 1. The molecule has 132 valence electrons. The minimum atomic E-state index is -4.89. The highest BCUT2D eigenvalue weighted by Gasteiger charge is 2.54. The van der Waals surface area contributed by atoms with Crippen molar-refractivity contribution in [1.82, 2.24) is 9.80 Å². The normalized spacial score (nSPS) is 25.8. The third kappa shape index (κ3) is 3.90. The van der Waals surface area contributed by atoms with Crippen LogP contribution in [0.3, 0.4) is 0 Å². The fourth-order valence-corrected chi connectivity index (χ4v) is 3.33. The molecular formula is C15H23F3N2O3. The molecule has 0 bridgehead atoms. The zero-order valence-corrected chi connectivity index (χ0v) is 13.7. The van der Waals surface area contributed by atoms with Crippen LogP contribution in [0.5, 0.6) is 0 Å². The molecule has 0 aliphatic carbocycles. The molecule has 23 heavy (non-hydrogen) atoms. The summed E-state index contributed by atoms with van der Waals surface area (Å²) in [6, 6.07) is 0. The van der Waals surface area contributed by atoms with Gasteiger partial charge in [0.2, 0.25) is 0 Å². The fourth-order valence-electron chi connectivity index (χ4n) is 3.33. The molecule has 2 aliphatic heterocycles. The van der Waals surface area contributed by atoms with E-state index in [0.717, 1.165) is 11.3 Å². The third-order valence-corrected chi connectivity index (χ3v) is 4.32. The highest BCUT2D eigenvalue weighted by Crippen LogP contribution is 2.39. The number of halogens is 3. The van der Waals surface area contributed by atoms with Gasteiger partial charge in [0.05, 0.1) is 5.54 Å². The molecule has 0 saturated carbocycles. The molecule has 2 saturated heterocycles. The molecule has 0 unspecified atom stereocenters. The van der Waals surface area contributed by atoms with Crippen molar-refractivity contribution in [1.29, 1.82) is 0 Å². The van der Waals surface area contributed by atoms with Gasteiger partial charge in [-0.3, -0.25) is 4.79 Å². The van der Waals surface area contributed by atoms with Crippen LogP contribution in [-0.2, 0) is 9.53 Å². The van der Waals surface area contributed by atoms with Crippen LogP contribution in [0, 0.1) is 0 Å². The average Bonchev–Trinajstić information content (AvgIpc) is 2.80. The molecule has 0 aromatic heterocycles. The van der Waals surface area contributed by atoms with Gasteiger partial charge in [-0.1, -0.05) is 0 Å². The maximum Gasteiger partial charge on any atom is 0.471 e. The van der Waals surface area contributed by atoms with Crippen molar-refractivity contribution >= 4 is 12.0 Å². The summed E-state index contributed by atoms with van der Waals surface area (Å²) in [7, 11) is 0. The van der Waals surface area contributed by atoms with E-state index in [4.69, 9.17) is 4.74 Å². The van der Waals surface area contributed by atoms with Crippen molar-refractivity contribution in [3.8, 4) is 0 Å². The lowest BCUT2D eigenvalue weighted by molar-refractivity contribution is -0.193. The van der Waals surface area contributed by atoms with Crippen molar-refractivity contribution < 1.29 is 27.5 Å². The van der Waals surface area contributed by atoms with E-state index in [1.165, 1.54) is 4.90 Å². The Kier molecular flexibility index (Phi) is 4.56. The number of hydrogen-bond donors (Lipinski definition) is 0. The molecule has 2 fully saturated rings. The van der Waals surface area contributed by atoms with Gasteiger partial charge in [0, 0.05) is 19.6 Å². The summed E-state index contributed by atoms with van der Waals surface area (Å²) in [6.07, 6.45) is -3.29. The predicted molar refractivity (Wildman–Crippen MR) is 76.8 cm³/mol. The Morgan fingerprint density at radius 3 is 2.26 bits per heavy atom. The minimum absolute atomic E-state index is 0.0838. The molecule has 1 spiro atoms. The summed E-state index contributed by atoms with van der Waals surface area (Å²) in [5.41, 5.74) is -1.58. The number of carbonyl (C=O) groups excluding carboxylic acids is 2. The van der Waals surface area contributed by atoms with Crippen LogP contribution >= 0.6 is 0 Å². The average molecular weight is 336 g/mol. The lowest BCUT2D eigenvalue weighted by Gasteiger charge is -2.44. The lowest BCUT2D eigenvalue weighted by Crippen LogP contribution is -2.59. The molecule has 0 radical (unpaired) electrons. The number of likely N-dealkylation sites (tertiary alicyclic amines) is 2. The molecule has 5 nitrogen and oxygen atoms in total. The molecule has 0 aromatic carbocycles. The Morgan fingerprint density at radius 1 is 1.04 bits per heavy atom. The maximum absolute atomic E-state index is 12.9. The first-order chi connectivity index (χ1) is 10.4. The highest BCUT2D eigenvalue weighted by molar-refractivity contribution is 5.83.